The van der Waals surface area contributed by atoms with Gasteiger partial charge in [-0.2, -0.15) is 0 Å². The van der Waals surface area contributed by atoms with Gasteiger partial charge in [0.25, 0.3) is 11.8 Å². The Morgan fingerprint density at radius 2 is 1.69 bits per heavy atom. The number of urea groups is 1. The molecule has 8 heteroatoms. The second-order valence-corrected chi connectivity index (χ2v) is 9.46. The minimum absolute atomic E-state index is 0.161. The van der Waals surface area contributed by atoms with Crippen LogP contribution in [0.2, 0.25) is 0 Å². The zero-order chi connectivity index (χ0) is 27.5. The van der Waals surface area contributed by atoms with Crippen LogP contribution in [0.1, 0.15) is 37.3 Å². The summed E-state index contributed by atoms with van der Waals surface area (Å²) in [4.78, 5) is 39.2. The molecule has 198 valence electrons. The second kappa shape index (κ2) is 10.9. The van der Waals surface area contributed by atoms with Gasteiger partial charge in [0.1, 0.15) is 23.7 Å². The number of imide groups is 2. The fourth-order valence-corrected chi connectivity index (χ4v) is 4.60. The third-order valence-electron chi connectivity index (χ3n) is 6.97. The first-order chi connectivity index (χ1) is 18.9. The molecule has 2 heterocycles. The summed E-state index contributed by atoms with van der Waals surface area (Å²) in [7, 11) is 0. The van der Waals surface area contributed by atoms with Gasteiger partial charge in [0.05, 0.1) is 12.2 Å². The molecule has 1 atom stereocenters. The van der Waals surface area contributed by atoms with Crippen LogP contribution in [0.15, 0.2) is 84.6 Å². The topological polar surface area (TPSA) is 80.6 Å². The lowest BCUT2D eigenvalue weighted by Crippen LogP contribution is -2.54. The van der Waals surface area contributed by atoms with E-state index in [1.54, 1.807) is 0 Å². The molecule has 0 unspecified atom stereocenters. The lowest BCUT2D eigenvalue weighted by molar-refractivity contribution is -0.122. The number of para-hydroxylation sites is 1. The highest BCUT2D eigenvalue weighted by Crippen LogP contribution is 2.27. The third kappa shape index (κ3) is 5.31. The van der Waals surface area contributed by atoms with Crippen LogP contribution in [0.4, 0.5) is 14.9 Å². The van der Waals surface area contributed by atoms with E-state index in [1.165, 1.54) is 23.8 Å². The first-order valence-electron chi connectivity index (χ1n) is 12.8. The molecule has 1 N–H and O–H groups in total. The molecule has 1 aliphatic rings. The summed E-state index contributed by atoms with van der Waals surface area (Å²) in [6.45, 7) is 5.32. The molecule has 39 heavy (non-hydrogen) atoms. The van der Waals surface area contributed by atoms with Gasteiger partial charge in [-0.25, -0.2) is 14.1 Å². The summed E-state index contributed by atoms with van der Waals surface area (Å²) in [6, 6.07) is 19.8. The van der Waals surface area contributed by atoms with Gasteiger partial charge < -0.3 is 9.30 Å². The van der Waals surface area contributed by atoms with Crippen LogP contribution >= 0.6 is 0 Å². The summed E-state index contributed by atoms with van der Waals surface area (Å²) in [6.07, 6.45) is 4.41. The number of ether oxygens (including phenoxy) is 1. The average Bonchev–Trinajstić information content (AvgIpc) is 3.29. The number of anilines is 1. The fourth-order valence-electron chi connectivity index (χ4n) is 4.60. The number of fused-ring (bicyclic) bond motifs is 1. The molecule has 1 fully saturated rings. The molecule has 3 aromatic carbocycles. The smallest absolute Gasteiger partial charge is 0.335 e. The second-order valence-electron chi connectivity index (χ2n) is 9.46. The predicted octanol–water partition coefficient (Wildman–Crippen LogP) is 6.04. The van der Waals surface area contributed by atoms with Crippen molar-refractivity contribution in [1.82, 2.24) is 9.88 Å². The molecule has 0 saturated carbocycles. The van der Waals surface area contributed by atoms with E-state index >= 15 is 0 Å². The highest BCUT2D eigenvalue weighted by atomic mass is 19.1. The fraction of sp³-hybridized carbons (Fsp3) is 0.194. The standard InChI is InChI=1S/C31H28FN3O4/c1-3-20(2)21-8-14-25(15-9-21)39-17-16-34-19-22(26-6-4-5-7-28(26)34)18-27-29(36)33-31(38)35(30(27)37)24-12-10-23(32)11-13-24/h4-15,18-20H,3,16-17H2,1-2H3,(H,33,36,38)/b27-18-/t20-/m0/s1. The molecule has 4 aromatic rings. The number of carbonyl (C=O) groups is 3. The lowest BCUT2D eigenvalue weighted by atomic mass is 9.99. The van der Waals surface area contributed by atoms with Crippen molar-refractivity contribution in [2.45, 2.75) is 32.7 Å². The first-order valence-corrected chi connectivity index (χ1v) is 12.8. The lowest BCUT2D eigenvalue weighted by Gasteiger charge is -2.26. The molecule has 1 saturated heterocycles. The Labute approximate surface area is 225 Å². The van der Waals surface area contributed by atoms with Crippen molar-refractivity contribution in [3.8, 4) is 5.75 Å². The Morgan fingerprint density at radius 3 is 2.41 bits per heavy atom. The Hall–Kier alpha value is -4.72. The Bertz CT molecular complexity index is 1570. The number of hydrogen-bond donors (Lipinski definition) is 1. The van der Waals surface area contributed by atoms with Gasteiger partial charge in [0.15, 0.2) is 0 Å². The maximum atomic E-state index is 13.4. The van der Waals surface area contributed by atoms with Crippen molar-refractivity contribution in [3.05, 3.63) is 102 Å². The van der Waals surface area contributed by atoms with E-state index in [1.807, 2.05) is 47.2 Å². The van der Waals surface area contributed by atoms with Crippen LogP contribution in [0, 0.1) is 5.82 Å². The third-order valence-corrected chi connectivity index (χ3v) is 6.97. The maximum Gasteiger partial charge on any atom is 0.335 e. The van der Waals surface area contributed by atoms with Gasteiger partial charge in [-0.05, 0) is 66.4 Å². The zero-order valence-corrected chi connectivity index (χ0v) is 21.7. The molecule has 0 spiro atoms. The number of rotatable bonds is 8. The summed E-state index contributed by atoms with van der Waals surface area (Å²) < 4.78 is 21.4. The Kier molecular flexibility index (Phi) is 7.27. The van der Waals surface area contributed by atoms with E-state index in [-0.39, 0.29) is 11.3 Å². The van der Waals surface area contributed by atoms with Gasteiger partial charge in [-0.15, -0.1) is 0 Å². The number of halogens is 1. The number of aromatic nitrogens is 1. The van der Waals surface area contributed by atoms with E-state index in [2.05, 4.69) is 31.3 Å². The minimum atomic E-state index is -0.884. The van der Waals surface area contributed by atoms with Gasteiger partial charge in [-0.3, -0.25) is 14.9 Å². The van der Waals surface area contributed by atoms with Gasteiger partial charge >= 0.3 is 6.03 Å². The summed E-state index contributed by atoms with van der Waals surface area (Å²) in [5.41, 5.74) is 2.80. The molecule has 0 bridgehead atoms. The molecular weight excluding hydrogens is 497 g/mol. The number of hydrogen-bond acceptors (Lipinski definition) is 4. The first kappa shape index (κ1) is 25.9. The molecule has 5 rings (SSSR count). The van der Waals surface area contributed by atoms with Crippen molar-refractivity contribution >= 4 is 40.5 Å². The normalized spacial score (nSPS) is 15.6. The number of amides is 4. The van der Waals surface area contributed by atoms with E-state index in [0.29, 0.717) is 24.6 Å². The van der Waals surface area contributed by atoms with Crippen molar-refractivity contribution in [2.75, 3.05) is 11.5 Å². The molecule has 1 aromatic heterocycles. The van der Waals surface area contributed by atoms with Crippen LogP contribution in [-0.4, -0.2) is 29.0 Å². The van der Waals surface area contributed by atoms with Gasteiger partial charge in [-0.1, -0.05) is 44.2 Å². The molecule has 0 aliphatic carbocycles. The molecule has 4 amide bonds. The molecule has 1 aliphatic heterocycles. The minimum Gasteiger partial charge on any atom is -0.492 e. The number of nitrogens with one attached hydrogen (secondary N) is 1. The van der Waals surface area contributed by atoms with Crippen molar-refractivity contribution in [3.63, 3.8) is 0 Å². The van der Waals surface area contributed by atoms with Crippen LogP contribution in [0.25, 0.3) is 17.0 Å². The van der Waals surface area contributed by atoms with Crippen molar-refractivity contribution < 1.29 is 23.5 Å². The largest absolute Gasteiger partial charge is 0.492 e. The predicted molar refractivity (Wildman–Crippen MR) is 148 cm³/mol. The SMILES string of the molecule is CC[C@H](C)c1ccc(OCCn2cc(/C=C3/C(=O)NC(=O)N(c4ccc(F)cc4)C3=O)c3ccccc32)cc1. The number of carbonyl (C=O) groups excluding carboxylic acids is 3. The maximum absolute atomic E-state index is 13.4. The number of nitrogens with zero attached hydrogens (tertiary/aromatic N) is 2. The molecule has 7 nitrogen and oxygen atoms in total. The Morgan fingerprint density at radius 1 is 0.974 bits per heavy atom. The Balaban J connectivity index is 1.39. The van der Waals surface area contributed by atoms with Crippen LogP contribution in [0.3, 0.4) is 0 Å². The monoisotopic (exact) mass is 525 g/mol. The average molecular weight is 526 g/mol. The van der Waals surface area contributed by atoms with Crippen LogP contribution in [0.5, 0.6) is 5.75 Å². The van der Waals surface area contributed by atoms with Crippen LogP contribution < -0.4 is 15.0 Å². The van der Waals surface area contributed by atoms with Gasteiger partial charge in [0.2, 0.25) is 0 Å². The number of benzene rings is 3. The molecular formula is C31H28FN3O4. The highest BCUT2D eigenvalue weighted by molar-refractivity contribution is 6.39. The summed E-state index contributed by atoms with van der Waals surface area (Å²) >= 11 is 0. The quantitative estimate of drug-likeness (QED) is 0.225. The van der Waals surface area contributed by atoms with E-state index in [9.17, 15) is 18.8 Å². The number of barbiturate groups is 1. The van der Waals surface area contributed by atoms with E-state index in [4.69, 9.17) is 4.74 Å². The van der Waals surface area contributed by atoms with Gasteiger partial charge in [0, 0.05) is 22.7 Å². The van der Waals surface area contributed by atoms with Crippen molar-refractivity contribution in [1.29, 1.82) is 0 Å². The van der Waals surface area contributed by atoms with E-state index in [0.717, 1.165) is 40.1 Å². The highest BCUT2D eigenvalue weighted by Gasteiger charge is 2.37. The zero-order valence-electron chi connectivity index (χ0n) is 21.7. The van der Waals surface area contributed by atoms with E-state index < -0.39 is 23.7 Å². The molecule has 0 radical (unpaired) electrons. The summed E-state index contributed by atoms with van der Waals surface area (Å²) in [5, 5.41) is 3.04. The van der Waals surface area contributed by atoms with Crippen molar-refractivity contribution in [2.24, 2.45) is 0 Å². The van der Waals surface area contributed by atoms with Crippen LogP contribution in [-0.2, 0) is 16.1 Å². The summed E-state index contributed by atoms with van der Waals surface area (Å²) in [5.74, 6) is -0.788.